The van der Waals surface area contributed by atoms with Crippen LogP contribution in [0.5, 0.6) is 11.5 Å². The number of hydrogen-bond donors (Lipinski definition) is 0. The molecule has 0 spiro atoms. The summed E-state index contributed by atoms with van der Waals surface area (Å²) in [4.78, 5) is 0.545. The lowest BCUT2D eigenvalue weighted by atomic mass is 9.98. The molecule has 7 heteroatoms. The smallest absolute Gasteiger partial charge is 0.486 e. The van der Waals surface area contributed by atoms with E-state index in [2.05, 4.69) is 0 Å². The Morgan fingerprint density at radius 1 is 1.12 bits per heavy atom. The zero-order valence-electron chi connectivity index (χ0n) is 8.29. The summed E-state index contributed by atoms with van der Waals surface area (Å²) in [6.45, 7) is -3.84. The number of thioether (sulfide) groups is 1. The van der Waals surface area contributed by atoms with Crippen molar-refractivity contribution in [3.8, 4) is 11.5 Å². The molecule has 0 aromatic heterocycles. The van der Waals surface area contributed by atoms with Crippen LogP contribution >= 0.6 is 11.8 Å². The maximum atomic E-state index is 12.1. The molecule has 0 bridgehead atoms. The van der Waals surface area contributed by atoms with Gasteiger partial charge in [-0.3, -0.25) is 0 Å². The van der Waals surface area contributed by atoms with Crippen LogP contribution < -0.4 is 9.47 Å². The first-order valence-electron chi connectivity index (χ1n) is 4.78. The summed E-state index contributed by atoms with van der Waals surface area (Å²) in [6, 6.07) is 4.83. The number of ether oxygens (including phenoxy) is 2. The van der Waals surface area contributed by atoms with Crippen molar-refractivity contribution >= 4 is 18.7 Å². The van der Waals surface area contributed by atoms with Crippen molar-refractivity contribution in [3.05, 3.63) is 18.2 Å². The minimum atomic E-state index is -4.75. The van der Waals surface area contributed by atoms with Crippen LogP contribution in [0.25, 0.3) is 0 Å². The molecule has 0 fully saturated rings. The van der Waals surface area contributed by atoms with Crippen molar-refractivity contribution < 1.29 is 22.4 Å². The standard InChI is InChI=1S/C9H9BF3O2S/c11-10(12,13)6-16-7-1-2-8-9(5-7)15-4-3-14-8/h1-2,5H,3-4,6H2/q-1. The molecule has 1 aromatic carbocycles. The molecule has 0 saturated carbocycles. The maximum absolute atomic E-state index is 12.1. The quantitative estimate of drug-likeness (QED) is 0.606. The lowest BCUT2D eigenvalue weighted by molar-refractivity contribution is 0.171. The highest BCUT2D eigenvalue weighted by atomic mass is 32.2. The molecule has 2 rings (SSSR count). The topological polar surface area (TPSA) is 18.5 Å². The van der Waals surface area contributed by atoms with Gasteiger partial charge in [0.05, 0.1) is 0 Å². The Morgan fingerprint density at radius 3 is 2.50 bits per heavy atom. The average Bonchev–Trinajstić information content (AvgIpc) is 2.25. The Bertz CT molecular complexity index is 384. The molecule has 1 heterocycles. The van der Waals surface area contributed by atoms with E-state index < -0.39 is 12.6 Å². The van der Waals surface area contributed by atoms with E-state index >= 15 is 0 Å². The van der Waals surface area contributed by atoms with Crippen molar-refractivity contribution in [2.24, 2.45) is 0 Å². The fourth-order valence-corrected chi connectivity index (χ4v) is 2.04. The van der Waals surface area contributed by atoms with Gasteiger partial charge in [0.2, 0.25) is 0 Å². The molecule has 1 aliphatic heterocycles. The first-order chi connectivity index (χ1) is 7.54. The van der Waals surface area contributed by atoms with E-state index in [1.807, 2.05) is 0 Å². The van der Waals surface area contributed by atoms with E-state index in [1.54, 1.807) is 18.2 Å². The third-order valence-electron chi connectivity index (χ3n) is 1.95. The molecule has 0 atom stereocenters. The lowest BCUT2D eigenvalue weighted by Crippen LogP contribution is -2.19. The predicted molar refractivity (Wildman–Crippen MR) is 57.2 cm³/mol. The Labute approximate surface area is 95.2 Å². The summed E-state index contributed by atoms with van der Waals surface area (Å²) >= 11 is 0.767. The van der Waals surface area contributed by atoms with Crippen LogP contribution in [0, 0.1) is 0 Å². The molecule has 0 radical (unpaired) electrons. The predicted octanol–water partition coefficient (Wildman–Crippen LogP) is 2.94. The van der Waals surface area contributed by atoms with Crippen molar-refractivity contribution in [3.63, 3.8) is 0 Å². The van der Waals surface area contributed by atoms with Gasteiger partial charge in [-0.25, -0.2) is 0 Å². The van der Waals surface area contributed by atoms with Crippen LogP contribution in [0.1, 0.15) is 0 Å². The highest BCUT2D eigenvalue weighted by Gasteiger charge is 2.23. The van der Waals surface area contributed by atoms with E-state index in [1.165, 1.54) is 0 Å². The van der Waals surface area contributed by atoms with Gasteiger partial charge in [0.1, 0.15) is 13.2 Å². The van der Waals surface area contributed by atoms with Crippen LogP contribution in [-0.2, 0) is 0 Å². The normalized spacial score (nSPS) is 14.9. The number of fused-ring (bicyclic) bond motifs is 1. The third-order valence-corrected chi connectivity index (χ3v) is 3.08. The average molecular weight is 249 g/mol. The third kappa shape index (κ3) is 3.01. The van der Waals surface area contributed by atoms with Gasteiger partial charge < -0.3 is 22.4 Å². The number of rotatable bonds is 3. The van der Waals surface area contributed by atoms with Crippen molar-refractivity contribution in [2.75, 3.05) is 18.9 Å². The minimum Gasteiger partial charge on any atom is -0.486 e. The Kier molecular flexibility index (Phi) is 3.23. The summed E-state index contributed by atoms with van der Waals surface area (Å²) in [5.41, 5.74) is -0.834. The van der Waals surface area contributed by atoms with Crippen LogP contribution in [0.15, 0.2) is 23.1 Å². The van der Waals surface area contributed by atoms with Gasteiger partial charge in [0.15, 0.2) is 11.5 Å². The zero-order chi connectivity index (χ0) is 11.6. The van der Waals surface area contributed by atoms with Crippen LogP contribution in [0.4, 0.5) is 12.9 Å². The van der Waals surface area contributed by atoms with Crippen molar-refractivity contribution in [2.45, 2.75) is 4.90 Å². The van der Waals surface area contributed by atoms with Gasteiger partial charge in [-0.2, -0.15) is 11.8 Å². The molecule has 0 aliphatic carbocycles. The van der Waals surface area contributed by atoms with Gasteiger partial charge in [0.25, 0.3) is 0 Å². The van der Waals surface area contributed by atoms with E-state index in [-0.39, 0.29) is 0 Å². The van der Waals surface area contributed by atoms with Gasteiger partial charge in [-0.15, -0.1) is 0 Å². The Morgan fingerprint density at radius 2 is 1.81 bits per heavy atom. The summed E-state index contributed by atoms with van der Waals surface area (Å²) in [7, 11) is 0. The second-order valence-corrected chi connectivity index (χ2v) is 4.42. The van der Waals surface area contributed by atoms with E-state index in [0.717, 1.165) is 11.8 Å². The molecular formula is C9H9BF3O2S-. The summed E-state index contributed by atoms with van der Waals surface area (Å²) in [5, 5.41) is 0. The van der Waals surface area contributed by atoms with E-state index in [4.69, 9.17) is 9.47 Å². The summed E-state index contributed by atoms with van der Waals surface area (Å²) in [5.74, 6) is 1.11. The fraction of sp³-hybridized carbons (Fsp3) is 0.333. The zero-order valence-corrected chi connectivity index (χ0v) is 9.11. The Hall–Kier alpha value is -0.975. The van der Waals surface area contributed by atoms with Crippen molar-refractivity contribution in [1.82, 2.24) is 0 Å². The minimum absolute atomic E-state index is 0.435. The molecule has 0 N–H and O–H groups in total. The van der Waals surface area contributed by atoms with Gasteiger partial charge in [-0.1, -0.05) is 0 Å². The van der Waals surface area contributed by atoms with Crippen LogP contribution in [0.2, 0.25) is 0 Å². The van der Waals surface area contributed by atoms with Gasteiger partial charge in [0, 0.05) is 4.90 Å². The largest absolute Gasteiger partial charge is 0.488 e. The highest BCUT2D eigenvalue weighted by molar-refractivity contribution is 8.00. The maximum Gasteiger partial charge on any atom is 0.488 e. The molecule has 1 aromatic rings. The fourth-order valence-electron chi connectivity index (χ4n) is 1.30. The van der Waals surface area contributed by atoms with E-state index in [0.29, 0.717) is 29.6 Å². The monoisotopic (exact) mass is 249 g/mol. The molecule has 0 unspecified atom stereocenters. The second kappa shape index (κ2) is 4.49. The van der Waals surface area contributed by atoms with Crippen molar-refractivity contribution in [1.29, 1.82) is 0 Å². The van der Waals surface area contributed by atoms with Crippen LogP contribution in [-0.4, -0.2) is 25.8 Å². The first-order valence-corrected chi connectivity index (χ1v) is 5.76. The van der Waals surface area contributed by atoms with Gasteiger partial charge >= 0.3 is 6.98 Å². The molecule has 0 saturated heterocycles. The molecule has 1 aliphatic rings. The molecule has 0 amide bonds. The summed E-state index contributed by atoms with van der Waals surface area (Å²) in [6.07, 6.45) is 0. The van der Waals surface area contributed by atoms with Gasteiger partial charge in [-0.05, 0) is 23.9 Å². The highest BCUT2D eigenvalue weighted by Crippen LogP contribution is 2.35. The number of benzene rings is 1. The lowest BCUT2D eigenvalue weighted by Gasteiger charge is -2.19. The number of hydrogen-bond acceptors (Lipinski definition) is 3. The first kappa shape index (κ1) is 11.5. The number of halogens is 3. The van der Waals surface area contributed by atoms with E-state index in [9.17, 15) is 12.9 Å². The molecular weight excluding hydrogens is 240 g/mol. The molecule has 2 nitrogen and oxygen atoms in total. The summed E-state index contributed by atoms with van der Waals surface area (Å²) < 4.78 is 46.8. The van der Waals surface area contributed by atoms with Crippen LogP contribution in [0.3, 0.4) is 0 Å². The second-order valence-electron chi connectivity index (χ2n) is 3.33. The Balaban J connectivity index is 2.06. The molecule has 16 heavy (non-hydrogen) atoms. The SMILES string of the molecule is F[B-](F)(F)CSc1ccc2c(c1)OCCO2. The molecule has 88 valence electrons.